The maximum atomic E-state index is 13.5. The minimum absolute atomic E-state index is 0.00298. The second kappa shape index (κ2) is 5.96. The van der Waals surface area contributed by atoms with Crippen LogP contribution in [0.1, 0.15) is 5.69 Å². The normalized spacial score (nSPS) is 11.2. The van der Waals surface area contributed by atoms with Gasteiger partial charge in [0.15, 0.2) is 17.1 Å². The van der Waals surface area contributed by atoms with E-state index in [2.05, 4.69) is 15.0 Å². The molecule has 130 valence electrons. The van der Waals surface area contributed by atoms with Crippen LogP contribution in [0.15, 0.2) is 41.1 Å². The molecular weight excluding hydrogens is 357 g/mol. The second-order valence-electron chi connectivity index (χ2n) is 5.76. The van der Waals surface area contributed by atoms with E-state index in [0.29, 0.717) is 33.6 Å². The number of furan rings is 1. The Bertz CT molecular complexity index is 1160. The van der Waals surface area contributed by atoms with Gasteiger partial charge in [0.1, 0.15) is 11.5 Å². The van der Waals surface area contributed by atoms with Crippen molar-refractivity contribution in [2.75, 3.05) is 11.5 Å². The zero-order valence-corrected chi connectivity index (χ0v) is 14.4. The highest BCUT2D eigenvalue weighted by molar-refractivity contribution is 6.31. The van der Waals surface area contributed by atoms with E-state index in [1.54, 1.807) is 24.5 Å². The monoisotopic (exact) mass is 369 g/mol. The summed E-state index contributed by atoms with van der Waals surface area (Å²) in [7, 11) is 0. The predicted molar refractivity (Wildman–Crippen MR) is 99.0 cm³/mol. The summed E-state index contributed by atoms with van der Waals surface area (Å²) in [6.07, 6.45) is 3.23. The fraction of sp³-hybridized carbons (Fsp3) is 0.0556. The highest BCUT2D eigenvalue weighted by Gasteiger charge is 2.21. The Hall–Kier alpha value is -3.19. The molecule has 4 aromatic rings. The van der Waals surface area contributed by atoms with E-state index in [0.717, 1.165) is 5.69 Å². The van der Waals surface area contributed by atoms with Gasteiger partial charge < -0.3 is 15.9 Å². The van der Waals surface area contributed by atoms with Crippen molar-refractivity contribution in [3.63, 3.8) is 0 Å². The van der Waals surface area contributed by atoms with Crippen LogP contribution >= 0.6 is 11.6 Å². The molecule has 0 radical (unpaired) electrons. The minimum atomic E-state index is -0.510. The van der Waals surface area contributed by atoms with Crippen molar-refractivity contribution < 1.29 is 8.81 Å². The number of anilines is 2. The number of aromatic nitrogens is 3. The zero-order valence-electron chi connectivity index (χ0n) is 13.6. The van der Waals surface area contributed by atoms with Crippen LogP contribution in [0.5, 0.6) is 0 Å². The quantitative estimate of drug-likeness (QED) is 0.548. The molecule has 3 heterocycles. The fourth-order valence-corrected chi connectivity index (χ4v) is 2.93. The first kappa shape index (κ1) is 16.3. The van der Waals surface area contributed by atoms with E-state index >= 15 is 0 Å². The van der Waals surface area contributed by atoms with Crippen molar-refractivity contribution in [1.82, 2.24) is 15.0 Å². The summed E-state index contributed by atoms with van der Waals surface area (Å²) in [5.74, 6) is -0.0483. The Labute approximate surface area is 152 Å². The Morgan fingerprint density at radius 2 is 1.96 bits per heavy atom. The highest BCUT2D eigenvalue weighted by atomic mass is 35.5. The number of pyridine rings is 1. The molecule has 0 aliphatic rings. The van der Waals surface area contributed by atoms with Gasteiger partial charge >= 0.3 is 0 Å². The van der Waals surface area contributed by atoms with Crippen molar-refractivity contribution in [2.24, 2.45) is 0 Å². The van der Waals surface area contributed by atoms with E-state index in [1.807, 2.05) is 6.92 Å². The molecule has 6 nitrogen and oxygen atoms in total. The molecule has 4 rings (SSSR count). The lowest BCUT2D eigenvalue weighted by Crippen LogP contribution is -1.96. The molecule has 0 aliphatic carbocycles. The summed E-state index contributed by atoms with van der Waals surface area (Å²) in [5.41, 5.74) is 15.1. The zero-order chi connectivity index (χ0) is 18.4. The fourth-order valence-electron chi connectivity index (χ4n) is 2.75. The van der Waals surface area contributed by atoms with Gasteiger partial charge in [-0.05, 0) is 30.7 Å². The maximum absolute atomic E-state index is 13.5. The van der Waals surface area contributed by atoms with Gasteiger partial charge in [0.2, 0.25) is 5.88 Å². The minimum Gasteiger partial charge on any atom is -0.436 e. The number of benzene rings is 1. The van der Waals surface area contributed by atoms with E-state index in [-0.39, 0.29) is 16.6 Å². The largest absolute Gasteiger partial charge is 0.436 e. The number of halogens is 2. The van der Waals surface area contributed by atoms with Crippen molar-refractivity contribution in [3.05, 3.63) is 53.2 Å². The van der Waals surface area contributed by atoms with Gasteiger partial charge in [-0.15, -0.1) is 0 Å². The molecule has 0 spiro atoms. The smallest absolute Gasteiger partial charge is 0.215 e. The van der Waals surface area contributed by atoms with Gasteiger partial charge in [-0.1, -0.05) is 17.7 Å². The maximum Gasteiger partial charge on any atom is 0.215 e. The summed E-state index contributed by atoms with van der Waals surface area (Å²) in [5, 5.41) is 0.553. The molecule has 3 aromatic heterocycles. The standard InChI is InChI=1S/C18H13ClFN5O/c1-8-4-5-23-18(25-8)15-16-13(14(21)17(22)26-16)10(7-24-15)9-2-3-12(20)11(19)6-9/h2-7H,21-22H2,1H3. The highest BCUT2D eigenvalue weighted by Crippen LogP contribution is 2.41. The molecule has 8 heteroatoms. The number of rotatable bonds is 2. The number of nitrogens with zero attached hydrogens (tertiary/aromatic N) is 3. The molecule has 26 heavy (non-hydrogen) atoms. The van der Waals surface area contributed by atoms with Crippen LogP contribution in [-0.4, -0.2) is 15.0 Å². The lowest BCUT2D eigenvalue weighted by Gasteiger charge is -2.07. The molecule has 0 unspecified atom stereocenters. The summed E-state index contributed by atoms with van der Waals surface area (Å²) in [6.45, 7) is 1.85. The van der Waals surface area contributed by atoms with Crippen molar-refractivity contribution in [3.8, 4) is 22.6 Å². The predicted octanol–water partition coefficient (Wildman–Crippen LogP) is 4.22. The second-order valence-corrected chi connectivity index (χ2v) is 6.16. The lowest BCUT2D eigenvalue weighted by molar-refractivity contribution is 0.628. The van der Waals surface area contributed by atoms with Crippen LogP contribution in [-0.2, 0) is 0 Å². The van der Waals surface area contributed by atoms with Gasteiger partial charge in [-0.2, -0.15) is 0 Å². The molecule has 4 N–H and O–H groups in total. The van der Waals surface area contributed by atoms with Gasteiger partial charge in [0.25, 0.3) is 0 Å². The van der Waals surface area contributed by atoms with Crippen LogP contribution in [0.25, 0.3) is 33.6 Å². The van der Waals surface area contributed by atoms with E-state index in [4.69, 9.17) is 27.5 Å². The number of hydrogen-bond donors (Lipinski definition) is 2. The van der Waals surface area contributed by atoms with E-state index in [1.165, 1.54) is 12.1 Å². The molecule has 0 fully saturated rings. The van der Waals surface area contributed by atoms with E-state index < -0.39 is 5.82 Å². The molecule has 0 bridgehead atoms. The number of nitrogens with two attached hydrogens (primary N) is 2. The third kappa shape index (κ3) is 2.53. The Morgan fingerprint density at radius 3 is 2.69 bits per heavy atom. The van der Waals surface area contributed by atoms with Gasteiger partial charge in [0.05, 0.1) is 10.4 Å². The molecule has 0 amide bonds. The first-order valence-electron chi connectivity index (χ1n) is 7.67. The summed E-state index contributed by atoms with van der Waals surface area (Å²) in [6, 6.07) is 6.14. The molecule has 0 saturated heterocycles. The first-order valence-corrected chi connectivity index (χ1v) is 8.05. The molecule has 0 saturated carbocycles. The third-order valence-corrected chi connectivity index (χ3v) is 4.31. The number of hydrogen-bond acceptors (Lipinski definition) is 6. The first-order chi connectivity index (χ1) is 12.5. The van der Waals surface area contributed by atoms with Crippen LogP contribution in [0.2, 0.25) is 5.02 Å². The number of fused-ring (bicyclic) bond motifs is 1. The summed E-state index contributed by atoms with van der Waals surface area (Å²) in [4.78, 5) is 13.1. The van der Waals surface area contributed by atoms with Gasteiger partial charge in [-0.25, -0.2) is 19.3 Å². The van der Waals surface area contributed by atoms with Gasteiger partial charge in [-0.3, -0.25) is 0 Å². The third-order valence-electron chi connectivity index (χ3n) is 4.02. The van der Waals surface area contributed by atoms with Crippen LogP contribution in [0.3, 0.4) is 0 Å². The number of aryl methyl sites for hydroxylation is 1. The average Bonchev–Trinajstić information content (AvgIpc) is 2.92. The Morgan fingerprint density at radius 1 is 1.15 bits per heavy atom. The van der Waals surface area contributed by atoms with Crippen LogP contribution < -0.4 is 11.5 Å². The van der Waals surface area contributed by atoms with Crippen molar-refractivity contribution in [1.29, 1.82) is 0 Å². The molecule has 0 atom stereocenters. The van der Waals surface area contributed by atoms with Crippen LogP contribution in [0, 0.1) is 12.7 Å². The Kier molecular flexibility index (Phi) is 3.73. The molecule has 0 aliphatic heterocycles. The average molecular weight is 370 g/mol. The van der Waals surface area contributed by atoms with Crippen molar-refractivity contribution >= 4 is 34.1 Å². The van der Waals surface area contributed by atoms with E-state index in [9.17, 15) is 4.39 Å². The van der Waals surface area contributed by atoms with Crippen LogP contribution in [0.4, 0.5) is 16.0 Å². The van der Waals surface area contributed by atoms with Crippen molar-refractivity contribution in [2.45, 2.75) is 6.92 Å². The lowest BCUT2D eigenvalue weighted by atomic mass is 10.0. The summed E-state index contributed by atoms with van der Waals surface area (Å²) >= 11 is 5.91. The van der Waals surface area contributed by atoms with Gasteiger partial charge in [0, 0.05) is 23.7 Å². The molecular formula is C18H13ClFN5O. The topological polar surface area (TPSA) is 104 Å². The summed E-state index contributed by atoms with van der Waals surface area (Å²) < 4.78 is 19.2. The Balaban J connectivity index is 2.03. The number of nitrogen functional groups attached to an aromatic ring is 2. The molecule has 1 aromatic carbocycles. The SMILES string of the molecule is Cc1ccnc(-c2ncc(-c3ccc(F)c(Cl)c3)c3c(N)c(N)oc23)n1.